The van der Waals surface area contributed by atoms with Crippen molar-refractivity contribution in [1.82, 2.24) is 0 Å². The molecule has 0 aromatic heterocycles. The van der Waals surface area contributed by atoms with Crippen LogP contribution in [0, 0.1) is 26.1 Å². The van der Waals surface area contributed by atoms with E-state index in [2.05, 4.69) is 6.92 Å². The molecule has 170 valence electrons. The summed E-state index contributed by atoms with van der Waals surface area (Å²) >= 11 is 0. The van der Waals surface area contributed by atoms with Gasteiger partial charge in [-0.15, -0.1) is 0 Å². The lowest BCUT2D eigenvalue weighted by atomic mass is 9.86. The van der Waals surface area contributed by atoms with Gasteiger partial charge in [0, 0.05) is 38.0 Å². The maximum Gasteiger partial charge on any atom is 0.339 e. The summed E-state index contributed by atoms with van der Waals surface area (Å²) in [6.45, 7) is 2.09. The van der Waals surface area contributed by atoms with Crippen LogP contribution in [-0.2, 0) is 4.74 Å². The molecule has 2 aromatic rings. The smallest absolute Gasteiger partial charge is 0.339 e. The molecule has 3 atom stereocenters. The van der Waals surface area contributed by atoms with Crippen LogP contribution in [0.1, 0.15) is 36.5 Å². The molecule has 1 fully saturated rings. The molecule has 0 radical (unpaired) electrons. The minimum absolute atomic E-state index is 0.238. The van der Waals surface area contributed by atoms with Crippen molar-refractivity contribution in [2.75, 3.05) is 19.0 Å². The first-order valence-corrected chi connectivity index (χ1v) is 10.2. The van der Waals surface area contributed by atoms with Crippen LogP contribution in [0.5, 0.6) is 5.75 Å². The van der Waals surface area contributed by atoms with Crippen LogP contribution in [0.25, 0.3) is 0 Å². The van der Waals surface area contributed by atoms with Gasteiger partial charge in [0.05, 0.1) is 21.5 Å². The minimum Gasteiger partial charge on any atom is -0.486 e. The zero-order valence-electron chi connectivity index (χ0n) is 18.1. The number of nitro benzene ring substituents is 2. The molecular weight excluding hydrogens is 418 g/mol. The molecule has 0 saturated heterocycles. The fourth-order valence-electron chi connectivity index (χ4n) is 3.70. The van der Waals surface area contributed by atoms with E-state index in [-0.39, 0.29) is 5.56 Å². The fourth-order valence-corrected chi connectivity index (χ4v) is 3.70. The maximum absolute atomic E-state index is 12.8. The summed E-state index contributed by atoms with van der Waals surface area (Å²) in [6, 6.07) is 10.3. The number of hydrogen-bond acceptors (Lipinski definition) is 8. The summed E-state index contributed by atoms with van der Waals surface area (Å²) in [7, 11) is 3.84. The van der Waals surface area contributed by atoms with Crippen LogP contribution in [0.4, 0.5) is 17.1 Å². The predicted octanol–water partition coefficient (Wildman–Crippen LogP) is 4.36. The summed E-state index contributed by atoms with van der Waals surface area (Å²) in [5.41, 5.74) is -0.366. The van der Waals surface area contributed by atoms with Crippen molar-refractivity contribution >= 4 is 23.0 Å². The number of hydrogen-bond donors (Lipinski definition) is 0. The first-order valence-electron chi connectivity index (χ1n) is 10.2. The first-order chi connectivity index (χ1) is 15.1. The molecule has 2 aromatic carbocycles. The second kappa shape index (κ2) is 9.63. The molecule has 1 aliphatic carbocycles. The molecule has 0 N–H and O–H groups in total. The van der Waals surface area contributed by atoms with Gasteiger partial charge in [0.2, 0.25) is 0 Å². The lowest BCUT2D eigenvalue weighted by Gasteiger charge is -2.34. The van der Waals surface area contributed by atoms with E-state index in [0.717, 1.165) is 30.3 Å². The van der Waals surface area contributed by atoms with Crippen LogP contribution in [0.15, 0.2) is 42.5 Å². The third-order valence-electron chi connectivity index (χ3n) is 5.43. The van der Waals surface area contributed by atoms with E-state index < -0.39 is 39.4 Å². The quantitative estimate of drug-likeness (QED) is 0.351. The van der Waals surface area contributed by atoms with Crippen LogP contribution < -0.4 is 9.64 Å². The van der Waals surface area contributed by atoms with E-state index >= 15 is 0 Å². The average molecular weight is 443 g/mol. The van der Waals surface area contributed by atoms with Gasteiger partial charge in [-0.1, -0.05) is 13.0 Å². The van der Waals surface area contributed by atoms with E-state index in [4.69, 9.17) is 9.47 Å². The number of rotatable bonds is 7. The predicted molar refractivity (Wildman–Crippen MR) is 117 cm³/mol. The molecule has 3 rings (SSSR count). The van der Waals surface area contributed by atoms with Crippen molar-refractivity contribution < 1.29 is 24.1 Å². The Morgan fingerprint density at radius 1 is 1.00 bits per heavy atom. The number of non-ortho nitro benzene ring substituents is 2. The molecule has 1 aliphatic rings. The second-order valence-corrected chi connectivity index (χ2v) is 8.16. The number of anilines is 1. The number of carbonyl (C=O) groups excluding carboxylic acids is 1. The molecule has 10 heteroatoms. The standard InChI is InChI=1S/C22H25N3O7/c1-14-7-8-20(21(9-14)31-19-6-4-5-16(13-19)23(2)3)32-22(26)15-10-17(24(27)28)12-18(11-15)25(29)30/h4-6,10-14,20-21H,7-9H2,1-3H3/t14-,20+,21+/m1/s1. The Balaban J connectivity index is 1.81. The van der Waals surface area contributed by atoms with Crippen LogP contribution in [0.3, 0.4) is 0 Å². The van der Waals surface area contributed by atoms with Gasteiger partial charge in [-0.2, -0.15) is 0 Å². The SMILES string of the molecule is C[C@@H]1CC[C@H](OC(=O)c2cc([N+](=O)[O-])cc([N+](=O)[O-])c2)[C@@H](Oc2cccc(N(C)C)c2)C1. The Labute approximate surface area is 185 Å². The van der Waals surface area contributed by atoms with Gasteiger partial charge in [0.15, 0.2) is 0 Å². The minimum atomic E-state index is -0.855. The second-order valence-electron chi connectivity index (χ2n) is 8.16. The Bertz CT molecular complexity index is 992. The van der Waals surface area contributed by atoms with Crippen molar-refractivity contribution in [3.63, 3.8) is 0 Å². The van der Waals surface area contributed by atoms with E-state index in [9.17, 15) is 25.0 Å². The summed E-state index contributed by atoms with van der Waals surface area (Å²) in [6.07, 6.45) is 1.06. The Hall–Kier alpha value is -3.69. The van der Waals surface area contributed by atoms with Crippen LogP contribution in [-0.4, -0.2) is 42.1 Å². The highest BCUT2D eigenvalue weighted by atomic mass is 16.6. The van der Waals surface area contributed by atoms with Crippen LogP contribution in [0.2, 0.25) is 0 Å². The van der Waals surface area contributed by atoms with Gasteiger partial charge in [-0.3, -0.25) is 20.2 Å². The van der Waals surface area contributed by atoms with Gasteiger partial charge >= 0.3 is 5.97 Å². The van der Waals surface area contributed by atoms with E-state index in [1.54, 1.807) is 0 Å². The van der Waals surface area contributed by atoms with Gasteiger partial charge in [-0.25, -0.2) is 4.79 Å². The molecule has 32 heavy (non-hydrogen) atoms. The Kier molecular flexibility index (Phi) is 6.92. The van der Waals surface area contributed by atoms with Crippen molar-refractivity contribution in [2.45, 2.75) is 38.4 Å². The number of carbonyl (C=O) groups is 1. The number of benzene rings is 2. The van der Waals surface area contributed by atoms with E-state index in [1.807, 2.05) is 43.3 Å². The number of ether oxygens (including phenoxy) is 2. The summed E-state index contributed by atoms with van der Waals surface area (Å²) in [4.78, 5) is 35.4. The number of nitro groups is 2. The zero-order valence-corrected chi connectivity index (χ0v) is 18.1. The largest absolute Gasteiger partial charge is 0.486 e. The summed E-state index contributed by atoms with van der Waals surface area (Å²) in [5.74, 6) is 0.153. The molecule has 1 saturated carbocycles. The Morgan fingerprint density at radius 2 is 1.66 bits per heavy atom. The summed E-state index contributed by atoms with van der Waals surface area (Å²) < 4.78 is 11.8. The average Bonchev–Trinajstić information content (AvgIpc) is 2.75. The summed E-state index contributed by atoms with van der Waals surface area (Å²) in [5, 5.41) is 22.2. The van der Waals surface area contributed by atoms with Crippen LogP contribution >= 0.6 is 0 Å². The Morgan fingerprint density at radius 3 is 2.25 bits per heavy atom. The van der Waals surface area contributed by atoms with E-state index in [0.29, 0.717) is 24.5 Å². The third kappa shape index (κ3) is 5.51. The highest BCUT2D eigenvalue weighted by molar-refractivity contribution is 5.91. The van der Waals surface area contributed by atoms with E-state index in [1.165, 1.54) is 0 Å². The maximum atomic E-state index is 12.8. The highest BCUT2D eigenvalue weighted by Gasteiger charge is 2.34. The molecule has 0 spiro atoms. The normalized spacial score (nSPS) is 20.3. The fraction of sp³-hybridized carbons (Fsp3) is 0.409. The molecule has 0 aliphatic heterocycles. The first kappa shape index (κ1) is 23.0. The van der Waals surface area contributed by atoms with Crippen molar-refractivity contribution in [1.29, 1.82) is 0 Å². The molecule has 10 nitrogen and oxygen atoms in total. The zero-order chi connectivity index (χ0) is 23.4. The highest BCUT2D eigenvalue weighted by Crippen LogP contribution is 2.32. The van der Waals surface area contributed by atoms with Crippen molar-refractivity contribution in [2.24, 2.45) is 5.92 Å². The topological polar surface area (TPSA) is 125 Å². The number of esters is 1. The number of nitrogens with zero attached hydrogens (tertiary/aromatic N) is 3. The molecule has 0 unspecified atom stereocenters. The monoisotopic (exact) mass is 443 g/mol. The van der Waals surface area contributed by atoms with Gasteiger partial charge in [-0.05, 0) is 37.3 Å². The molecule has 0 bridgehead atoms. The molecule has 0 amide bonds. The van der Waals surface area contributed by atoms with Gasteiger partial charge in [0.1, 0.15) is 18.0 Å². The van der Waals surface area contributed by atoms with Crippen molar-refractivity contribution in [3.05, 3.63) is 68.3 Å². The van der Waals surface area contributed by atoms with Crippen molar-refractivity contribution in [3.8, 4) is 5.75 Å². The molecular formula is C22H25N3O7. The molecule has 0 heterocycles. The third-order valence-corrected chi connectivity index (χ3v) is 5.43. The van der Waals surface area contributed by atoms with Gasteiger partial charge < -0.3 is 14.4 Å². The van der Waals surface area contributed by atoms with Gasteiger partial charge in [0.25, 0.3) is 11.4 Å². The lowest BCUT2D eigenvalue weighted by molar-refractivity contribution is -0.394. The lowest BCUT2D eigenvalue weighted by Crippen LogP contribution is -2.40.